The number of nitro benzene ring substituents is 1. The van der Waals surface area contributed by atoms with Crippen molar-refractivity contribution < 1.29 is 9.34 Å². The molecule has 18 heavy (non-hydrogen) atoms. The first-order chi connectivity index (χ1) is 8.58. The number of anilines is 2. The van der Waals surface area contributed by atoms with Crippen LogP contribution in [0.25, 0.3) is 0 Å². The average molecular weight is 247 g/mol. The zero-order chi connectivity index (χ0) is 13.1. The first-order valence-corrected chi connectivity index (χ1v) is 5.40. The van der Waals surface area contributed by atoms with E-state index < -0.39 is 4.92 Å². The molecule has 1 aromatic carbocycles. The third-order valence-corrected chi connectivity index (χ3v) is 2.50. The molecule has 0 bridgehead atoms. The number of hydrogen-bond acceptors (Lipinski definition) is 5. The van der Waals surface area contributed by atoms with Crippen LogP contribution in [-0.2, 0) is 6.54 Å². The number of benzene rings is 1. The lowest BCUT2D eigenvalue weighted by Gasteiger charge is -2.06. The average Bonchev–Trinajstić information content (AvgIpc) is 2.72. The molecule has 0 radical (unpaired) electrons. The molecule has 0 unspecified atom stereocenters. The Kier molecular flexibility index (Phi) is 3.18. The predicted molar refractivity (Wildman–Crippen MR) is 68.3 cm³/mol. The van der Waals surface area contributed by atoms with Crippen molar-refractivity contribution in [3.05, 3.63) is 52.0 Å². The van der Waals surface area contributed by atoms with E-state index in [4.69, 9.17) is 10.2 Å². The summed E-state index contributed by atoms with van der Waals surface area (Å²) in [6, 6.07) is 8.44. The Morgan fingerprint density at radius 3 is 2.78 bits per heavy atom. The van der Waals surface area contributed by atoms with E-state index in [-0.39, 0.29) is 11.4 Å². The van der Waals surface area contributed by atoms with Gasteiger partial charge in [0, 0.05) is 0 Å². The molecule has 1 heterocycles. The van der Waals surface area contributed by atoms with Gasteiger partial charge in [0.1, 0.15) is 22.9 Å². The fourth-order valence-corrected chi connectivity index (χ4v) is 1.67. The number of nitrogens with two attached hydrogens (primary N) is 1. The molecule has 0 atom stereocenters. The van der Waals surface area contributed by atoms with Gasteiger partial charge in [-0.25, -0.2) is 0 Å². The summed E-state index contributed by atoms with van der Waals surface area (Å²) in [6.45, 7) is 2.21. The molecule has 0 saturated carbocycles. The highest BCUT2D eigenvalue weighted by molar-refractivity contribution is 5.74. The van der Waals surface area contributed by atoms with E-state index in [1.54, 1.807) is 12.1 Å². The van der Waals surface area contributed by atoms with E-state index in [1.165, 1.54) is 6.07 Å². The van der Waals surface area contributed by atoms with Gasteiger partial charge in [0.15, 0.2) is 0 Å². The van der Waals surface area contributed by atoms with Gasteiger partial charge in [0.2, 0.25) is 0 Å². The number of nitrogens with one attached hydrogen (secondary N) is 1. The van der Waals surface area contributed by atoms with Crippen LogP contribution in [-0.4, -0.2) is 4.92 Å². The zero-order valence-corrected chi connectivity index (χ0v) is 9.84. The molecule has 2 aromatic rings. The number of rotatable bonds is 4. The number of nitrogen functional groups attached to an aromatic ring is 1. The van der Waals surface area contributed by atoms with Crippen LogP contribution in [0.5, 0.6) is 0 Å². The first-order valence-electron chi connectivity index (χ1n) is 5.40. The number of hydrogen-bond donors (Lipinski definition) is 2. The minimum Gasteiger partial charge on any atom is -0.465 e. The second kappa shape index (κ2) is 4.79. The number of furan rings is 1. The predicted octanol–water partition coefficient (Wildman–Crippen LogP) is 2.69. The van der Waals surface area contributed by atoms with Crippen molar-refractivity contribution in [3.8, 4) is 0 Å². The fourth-order valence-electron chi connectivity index (χ4n) is 1.67. The Morgan fingerprint density at radius 1 is 1.39 bits per heavy atom. The van der Waals surface area contributed by atoms with Crippen molar-refractivity contribution >= 4 is 17.1 Å². The summed E-state index contributed by atoms with van der Waals surface area (Å²) in [5.74, 6) is 1.51. The van der Waals surface area contributed by atoms with Crippen molar-refractivity contribution in [2.75, 3.05) is 11.1 Å². The van der Waals surface area contributed by atoms with E-state index in [9.17, 15) is 10.1 Å². The summed E-state index contributed by atoms with van der Waals surface area (Å²) in [5.41, 5.74) is 6.00. The molecule has 0 aliphatic rings. The number of aryl methyl sites for hydroxylation is 1. The molecule has 94 valence electrons. The SMILES string of the molecule is Cc1ccc(CNc2cccc(N)c2[N+](=O)[O-])o1. The third kappa shape index (κ3) is 2.42. The van der Waals surface area contributed by atoms with Crippen LogP contribution in [0.3, 0.4) is 0 Å². The van der Waals surface area contributed by atoms with Crippen molar-refractivity contribution in [2.45, 2.75) is 13.5 Å². The van der Waals surface area contributed by atoms with Gasteiger partial charge < -0.3 is 15.5 Å². The largest absolute Gasteiger partial charge is 0.465 e. The summed E-state index contributed by atoms with van der Waals surface area (Å²) < 4.78 is 5.37. The minimum atomic E-state index is -0.495. The standard InChI is InChI=1S/C12H13N3O3/c1-8-5-6-9(18-8)7-14-11-4-2-3-10(13)12(11)15(16)17/h2-6,14H,7,13H2,1H3. The maximum Gasteiger partial charge on any atom is 0.314 e. The molecule has 6 nitrogen and oxygen atoms in total. The molecular formula is C12H13N3O3. The molecule has 0 amide bonds. The molecule has 2 rings (SSSR count). The van der Waals surface area contributed by atoms with E-state index in [1.807, 2.05) is 19.1 Å². The van der Waals surface area contributed by atoms with Crippen molar-refractivity contribution in [1.82, 2.24) is 0 Å². The molecule has 0 fully saturated rings. The molecule has 1 aromatic heterocycles. The Bertz CT molecular complexity index is 578. The van der Waals surface area contributed by atoms with Crippen LogP contribution in [0.2, 0.25) is 0 Å². The van der Waals surface area contributed by atoms with E-state index in [0.717, 1.165) is 5.76 Å². The lowest BCUT2D eigenvalue weighted by Crippen LogP contribution is -2.04. The monoisotopic (exact) mass is 247 g/mol. The topological polar surface area (TPSA) is 94.3 Å². The second-order valence-corrected chi connectivity index (χ2v) is 3.87. The van der Waals surface area contributed by atoms with Crippen LogP contribution in [0.4, 0.5) is 17.1 Å². The van der Waals surface area contributed by atoms with Gasteiger partial charge in [-0.1, -0.05) is 6.07 Å². The van der Waals surface area contributed by atoms with Crippen LogP contribution >= 0.6 is 0 Å². The lowest BCUT2D eigenvalue weighted by molar-refractivity contribution is -0.383. The number of nitro groups is 1. The van der Waals surface area contributed by atoms with Crippen LogP contribution in [0, 0.1) is 17.0 Å². The van der Waals surface area contributed by atoms with Gasteiger partial charge in [-0.3, -0.25) is 10.1 Å². The van der Waals surface area contributed by atoms with Gasteiger partial charge in [0.05, 0.1) is 11.5 Å². The number of nitrogens with zero attached hydrogens (tertiary/aromatic N) is 1. The highest BCUT2D eigenvalue weighted by atomic mass is 16.6. The molecular weight excluding hydrogens is 234 g/mol. The van der Waals surface area contributed by atoms with E-state index in [2.05, 4.69) is 5.32 Å². The van der Waals surface area contributed by atoms with E-state index in [0.29, 0.717) is 18.0 Å². The summed E-state index contributed by atoms with van der Waals surface area (Å²) in [5, 5.41) is 13.9. The van der Waals surface area contributed by atoms with Crippen molar-refractivity contribution in [2.24, 2.45) is 0 Å². The summed E-state index contributed by atoms with van der Waals surface area (Å²) in [4.78, 5) is 10.4. The van der Waals surface area contributed by atoms with Crippen molar-refractivity contribution in [3.63, 3.8) is 0 Å². The van der Waals surface area contributed by atoms with Gasteiger partial charge in [-0.05, 0) is 31.2 Å². The summed E-state index contributed by atoms with van der Waals surface area (Å²) >= 11 is 0. The molecule has 0 aliphatic carbocycles. The maximum atomic E-state index is 10.9. The van der Waals surface area contributed by atoms with Crippen LogP contribution < -0.4 is 11.1 Å². The highest BCUT2D eigenvalue weighted by Gasteiger charge is 2.17. The second-order valence-electron chi connectivity index (χ2n) is 3.87. The molecule has 0 saturated heterocycles. The Balaban J connectivity index is 2.19. The summed E-state index contributed by atoms with van der Waals surface area (Å²) in [6.07, 6.45) is 0. The fraction of sp³-hybridized carbons (Fsp3) is 0.167. The molecule has 0 aliphatic heterocycles. The minimum absolute atomic E-state index is 0.110. The molecule has 0 spiro atoms. The Morgan fingerprint density at radius 2 is 2.17 bits per heavy atom. The Labute approximate surface area is 104 Å². The molecule has 3 N–H and O–H groups in total. The normalized spacial score (nSPS) is 10.3. The van der Waals surface area contributed by atoms with Gasteiger partial charge >= 0.3 is 5.69 Å². The maximum absolute atomic E-state index is 10.9. The Hall–Kier alpha value is -2.50. The van der Waals surface area contributed by atoms with Crippen molar-refractivity contribution in [1.29, 1.82) is 0 Å². The quantitative estimate of drug-likeness (QED) is 0.492. The van der Waals surface area contributed by atoms with E-state index >= 15 is 0 Å². The molecule has 6 heteroatoms. The first kappa shape index (κ1) is 12.0. The summed E-state index contributed by atoms with van der Waals surface area (Å²) in [7, 11) is 0. The van der Waals surface area contributed by atoms with Crippen LogP contribution in [0.1, 0.15) is 11.5 Å². The highest BCUT2D eigenvalue weighted by Crippen LogP contribution is 2.30. The zero-order valence-electron chi connectivity index (χ0n) is 9.84. The van der Waals surface area contributed by atoms with Crippen LogP contribution in [0.15, 0.2) is 34.7 Å². The lowest BCUT2D eigenvalue weighted by atomic mass is 10.2. The van der Waals surface area contributed by atoms with Gasteiger partial charge in [-0.15, -0.1) is 0 Å². The van der Waals surface area contributed by atoms with Gasteiger partial charge in [0.25, 0.3) is 0 Å². The smallest absolute Gasteiger partial charge is 0.314 e. The third-order valence-electron chi connectivity index (χ3n) is 2.50. The number of para-hydroxylation sites is 1. The van der Waals surface area contributed by atoms with Gasteiger partial charge in [-0.2, -0.15) is 0 Å².